The monoisotopic (exact) mass is 716 g/mol. The Morgan fingerprint density at radius 2 is 1.70 bits per heavy atom. The maximum absolute atomic E-state index is 15.3. The molecule has 0 saturated heterocycles. The molecule has 1 aromatic rings. The van der Waals surface area contributed by atoms with Gasteiger partial charge in [-0.2, -0.15) is 0 Å². The molecular formula is C46H52O7. The molecule has 0 aliphatic heterocycles. The minimum absolute atomic E-state index is 0.0228. The summed E-state index contributed by atoms with van der Waals surface area (Å²) in [6.07, 6.45) is 11.7. The molecule has 0 radical (unpaired) electrons. The number of carboxylic acids is 1. The highest BCUT2D eigenvalue weighted by atomic mass is 16.4. The van der Waals surface area contributed by atoms with Crippen LogP contribution in [-0.2, 0) is 14.4 Å². The Labute approximate surface area is 312 Å². The van der Waals surface area contributed by atoms with Crippen molar-refractivity contribution in [3.63, 3.8) is 0 Å². The van der Waals surface area contributed by atoms with E-state index in [4.69, 9.17) is 0 Å². The zero-order valence-corrected chi connectivity index (χ0v) is 31.9. The molecule has 9 rings (SSSR count). The number of carbonyl (C=O) groups is 3. The largest absolute Gasteiger partial charge is 0.478 e. The first-order chi connectivity index (χ1) is 24.7. The Hall–Kier alpha value is -3.65. The number of benzene rings is 1. The normalized spacial score (nSPS) is 46.2. The Morgan fingerprint density at radius 1 is 1.00 bits per heavy atom. The SMILES string of the molecule is CC(=CC1(O)CC(C)C2C3C4=C(CC=C41)CC1=CC4(O)C5=C(C(=O)CC2(C)C5(C)C13O)C1(C)CCC(=O)C(C)(C)C1C4C=Cc1ccccc1)C(=O)O. The number of Topliss-reactive ketones (excluding diaryl/α,β-unsaturated/α-hetero) is 2. The highest BCUT2D eigenvalue weighted by Crippen LogP contribution is 2.83. The highest BCUT2D eigenvalue weighted by molar-refractivity contribution is 6.02. The average Bonchev–Trinajstić information content (AvgIpc) is 3.53. The second-order valence-electron chi connectivity index (χ2n) is 19.2. The minimum atomic E-state index is -1.66. The number of carboxylic acid groups (broad SMARTS) is 1. The molecule has 3 saturated carbocycles. The van der Waals surface area contributed by atoms with Crippen LogP contribution >= 0.6 is 0 Å². The van der Waals surface area contributed by atoms with Crippen LogP contribution in [0.25, 0.3) is 6.08 Å². The number of carbonyl (C=O) groups excluding carboxylic acids is 2. The molecule has 278 valence electrons. The number of hydrogen-bond donors (Lipinski definition) is 4. The average molecular weight is 717 g/mol. The fourth-order valence-electron chi connectivity index (χ4n) is 14.6. The molecule has 7 nitrogen and oxygen atoms in total. The van der Waals surface area contributed by atoms with Gasteiger partial charge in [-0.1, -0.05) is 95.7 Å². The number of fused-ring (bicyclic) bond motifs is 3. The van der Waals surface area contributed by atoms with Crippen molar-refractivity contribution in [3.8, 4) is 0 Å². The van der Waals surface area contributed by atoms with Crippen LogP contribution < -0.4 is 0 Å². The van der Waals surface area contributed by atoms with E-state index in [2.05, 4.69) is 33.8 Å². The van der Waals surface area contributed by atoms with Gasteiger partial charge in [0.15, 0.2) is 5.78 Å². The van der Waals surface area contributed by atoms with Crippen molar-refractivity contribution in [2.45, 2.75) is 104 Å². The molecule has 8 aliphatic carbocycles. The summed E-state index contributed by atoms with van der Waals surface area (Å²) in [6.45, 7) is 13.9. The van der Waals surface area contributed by atoms with Crippen molar-refractivity contribution < 1.29 is 34.8 Å². The van der Waals surface area contributed by atoms with Gasteiger partial charge in [-0.05, 0) is 95.8 Å². The van der Waals surface area contributed by atoms with Crippen LogP contribution in [0.1, 0.15) is 92.6 Å². The lowest BCUT2D eigenvalue weighted by Crippen LogP contribution is -2.71. The highest BCUT2D eigenvalue weighted by Gasteiger charge is 2.84. The number of aliphatic hydroxyl groups is 3. The second kappa shape index (κ2) is 10.3. The van der Waals surface area contributed by atoms with Crippen molar-refractivity contribution in [2.75, 3.05) is 0 Å². The van der Waals surface area contributed by atoms with Crippen molar-refractivity contribution in [1.82, 2.24) is 0 Å². The molecule has 0 spiro atoms. The number of ketones is 2. The summed E-state index contributed by atoms with van der Waals surface area (Å²) < 4.78 is 0. The number of allylic oxidation sites excluding steroid dienone is 3. The quantitative estimate of drug-likeness (QED) is 0.193. The van der Waals surface area contributed by atoms with Gasteiger partial charge >= 0.3 is 5.97 Å². The van der Waals surface area contributed by atoms with E-state index in [0.717, 1.165) is 22.3 Å². The Bertz CT molecular complexity index is 2130. The topological polar surface area (TPSA) is 132 Å². The van der Waals surface area contributed by atoms with Gasteiger partial charge in [0.25, 0.3) is 0 Å². The zero-order valence-electron chi connectivity index (χ0n) is 31.9. The predicted octanol–water partition coefficient (Wildman–Crippen LogP) is 7.10. The van der Waals surface area contributed by atoms with Crippen LogP contribution in [-0.4, -0.2) is 54.8 Å². The Morgan fingerprint density at radius 3 is 2.38 bits per heavy atom. The maximum atomic E-state index is 15.3. The van der Waals surface area contributed by atoms with Gasteiger partial charge in [-0.3, -0.25) is 9.59 Å². The molecule has 8 aliphatic rings. The Balaban J connectivity index is 1.36. The fraction of sp³-hybridized carbons (Fsp3) is 0.543. The van der Waals surface area contributed by atoms with Crippen molar-refractivity contribution in [1.29, 1.82) is 0 Å². The van der Waals surface area contributed by atoms with Gasteiger partial charge in [-0.15, -0.1) is 0 Å². The molecule has 11 unspecified atom stereocenters. The summed E-state index contributed by atoms with van der Waals surface area (Å²) in [5.41, 5.74) is -2.47. The van der Waals surface area contributed by atoms with Gasteiger partial charge in [0.05, 0.1) is 0 Å². The standard InChI is InChI=1S/C46H52O7/c1-24-20-44(51,21-25(2)39(49)50)29-16-14-27-19-28-22-45(52)30(15-13-26-11-9-8-10-12-26)37-40(3,4)32(48)17-18-41(37,5)35-31(47)23-42(6)34(24)36(33(27)29)46(28,53)43(42,7)38(35)45/h8-13,15-16,21-22,24,30,34,36-37,51-53H,14,17-20,23H2,1-7H3,(H,49,50). The maximum Gasteiger partial charge on any atom is 0.331 e. The number of aliphatic carboxylic acids is 1. The van der Waals surface area contributed by atoms with E-state index in [0.29, 0.717) is 42.4 Å². The summed E-state index contributed by atoms with van der Waals surface area (Å²) in [6, 6.07) is 9.96. The molecule has 53 heavy (non-hydrogen) atoms. The molecule has 0 bridgehead atoms. The van der Waals surface area contributed by atoms with Gasteiger partial charge in [0.1, 0.15) is 22.6 Å². The summed E-state index contributed by atoms with van der Waals surface area (Å²) >= 11 is 0. The van der Waals surface area contributed by atoms with Crippen LogP contribution in [0.15, 0.2) is 93.6 Å². The lowest BCUT2D eigenvalue weighted by molar-refractivity contribution is -0.164. The lowest BCUT2D eigenvalue weighted by Gasteiger charge is -2.69. The molecule has 3 fully saturated rings. The first kappa shape index (κ1) is 35.1. The van der Waals surface area contributed by atoms with Gasteiger partial charge in [0, 0.05) is 52.1 Å². The van der Waals surface area contributed by atoms with Crippen LogP contribution in [0.2, 0.25) is 0 Å². The number of rotatable bonds is 4. The van der Waals surface area contributed by atoms with Crippen LogP contribution in [0, 0.1) is 51.2 Å². The summed E-state index contributed by atoms with van der Waals surface area (Å²) in [4.78, 5) is 41.3. The summed E-state index contributed by atoms with van der Waals surface area (Å²) in [7, 11) is 0. The Kier molecular flexibility index (Phi) is 6.85. The lowest BCUT2D eigenvalue weighted by atomic mass is 9.35. The minimum Gasteiger partial charge on any atom is -0.478 e. The zero-order chi connectivity index (χ0) is 38.1. The van der Waals surface area contributed by atoms with Gasteiger partial charge < -0.3 is 20.4 Å². The molecule has 0 amide bonds. The number of hydrogen-bond acceptors (Lipinski definition) is 6. The van der Waals surface area contributed by atoms with E-state index < -0.39 is 56.3 Å². The second-order valence-corrected chi connectivity index (χ2v) is 19.2. The van der Waals surface area contributed by atoms with E-state index in [-0.39, 0.29) is 47.7 Å². The van der Waals surface area contributed by atoms with E-state index in [1.807, 2.05) is 62.4 Å². The van der Waals surface area contributed by atoms with Gasteiger partial charge in [0.2, 0.25) is 0 Å². The van der Waals surface area contributed by atoms with E-state index in [1.54, 1.807) is 0 Å². The first-order valence-electron chi connectivity index (χ1n) is 19.5. The molecular weight excluding hydrogens is 664 g/mol. The molecule has 7 heteroatoms. The van der Waals surface area contributed by atoms with Crippen LogP contribution in [0.4, 0.5) is 0 Å². The summed E-state index contributed by atoms with van der Waals surface area (Å²) in [5.74, 6) is -2.90. The van der Waals surface area contributed by atoms with Crippen molar-refractivity contribution in [2.24, 2.45) is 51.2 Å². The molecule has 11 atom stereocenters. The predicted molar refractivity (Wildman–Crippen MR) is 201 cm³/mol. The molecule has 0 heterocycles. The molecule has 4 N–H and O–H groups in total. The third-order valence-corrected chi connectivity index (χ3v) is 16.5. The van der Waals surface area contributed by atoms with Crippen LogP contribution in [0.3, 0.4) is 0 Å². The smallest absolute Gasteiger partial charge is 0.331 e. The fourth-order valence-corrected chi connectivity index (χ4v) is 14.6. The van der Waals surface area contributed by atoms with E-state index in [1.165, 1.54) is 13.0 Å². The molecule has 0 aromatic heterocycles. The first-order valence-corrected chi connectivity index (χ1v) is 19.5. The van der Waals surface area contributed by atoms with Crippen molar-refractivity contribution >= 4 is 23.6 Å². The van der Waals surface area contributed by atoms with E-state index in [9.17, 15) is 30.0 Å². The van der Waals surface area contributed by atoms with Crippen molar-refractivity contribution in [3.05, 3.63) is 99.2 Å². The van der Waals surface area contributed by atoms with Crippen LogP contribution in [0.5, 0.6) is 0 Å². The third kappa shape index (κ3) is 3.85. The van der Waals surface area contributed by atoms with Gasteiger partial charge in [-0.25, -0.2) is 4.79 Å². The molecule has 1 aromatic carbocycles. The summed E-state index contributed by atoms with van der Waals surface area (Å²) in [5, 5.41) is 50.2. The van der Waals surface area contributed by atoms with E-state index >= 15 is 4.79 Å². The third-order valence-electron chi connectivity index (χ3n) is 16.5.